The number of hydrogen-bond donors (Lipinski definition) is 3. The van der Waals surface area contributed by atoms with Crippen LogP contribution in [-0.4, -0.2) is 35.2 Å². The minimum absolute atomic E-state index is 0.00586. The van der Waals surface area contributed by atoms with Gasteiger partial charge in [-0.25, -0.2) is 0 Å². The third kappa shape index (κ3) is 4.73. The van der Waals surface area contributed by atoms with E-state index in [-0.39, 0.29) is 24.9 Å². The Balaban J connectivity index is 4.37. The van der Waals surface area contributed by atoms with E-state index in [0.717, 1.165) is 0 Å². The van der Waals surface area contributed by atoms with E-state index in [9.17, 15) is 14.7 Å². The summed E-state index contributed by atoms with van der Waals surface area (Å²) in [6, 6.07) is 0. The van der Waals surface area contributed by atoms with Crippen LogP contribution in [0, 0.1) is 11.3 Å². The van der Waals surface area contributed by atoms with Crippen LogP contribution in [0.15, 0.2) is 0 Å². The molecule has 0 aromatic heterocycles. The van der Waals surface area contributed by atoms with Crippen molar-refractivity contribution in [3.8, 4) is 0 Å². The Hall–Kier alpha value is -1.10. The molecule has 0 heterocycles. The quantitative estimate of drug-likeness (QED) is 0.595. The van der Waals surface area contributed by atoms with Crippen molar-refractivity contribution in [2.75, 3.05) is 13.2 Å². The van der Waals surface area contributed by atoms with E-state index in [4.69, 9.17) is 5.11 Å². The molecule has 0 fully saturated rings. The largest absolute Gasteiger partial charge is 0.481 e. The zero-order valence-electron chi connectivity index (χ0n) is 10.8. The summed E-state index contributed by atoms with van der Waals surface area (Å²) in [4.78, 5) is 22.8. The SMILES string of the molecule is CCC(CC)(CC(=O)NCC(C)CO)C(=O)O. The van der Waals surface area contributed by atoms with E-state index in [1.807, 2.05) is 6.92 Å². The van der Waals surface area contributed by atoms with E-state index >= 15 is 0 Å². The Labute approximate surface area is 102 Å². The van der Waals surface area contributed by atoms with Crippen LogP contribution in [0.5, 0.6) is 0 Å². The highest BCUT2D eigenvalue weighted by molar-refractivity contribution is 5.84. The average molecular weight is 245 g/mol. The summed E-state index contributed by atoms with van der Waals surface area (Å²) in [6.45, 7) is 5.75. The molecule has 0 radical (unpaired) electrons. The molecule has 0 aliphatic heterocycles. The van der Waals surface area contributed by atoms with E-state index in [2.05, 4.69) is 5.32 Å². The molecule has 0 saturated carbocycles. The highest BCUT2D eigenvalue weighted by Crippen LogP contribution is 2.30. The van der Waals surface area contributed by atoms with Crippen LogP contribution < -0.4 is 5.32 Å². The molecule has 3 N–H and O–H groups in total. The lowest BCUT2D eigenvalue weighted by atomic mass is 9.79. The number of aliphatic hydroxyl groups is 1. The number of carboxylic acid groups (broad SMARTS) is 1. The first-order chi connectivity index (χ1) is 7.91. The Kier molecular flexibility index (Phi) is 6.80. The van der Waals surface area contributed by atoms with Crippen molar-refractivity contribution in [1.82, 2.24) is 5.32 Å². The second kappa shape index (κ2) is 7.27. The standard InChI is InChI=1S/C12H23NO4/c1-4-12(5-2,11(16)17)6-10(15)13-7-9(3)8-14/h9,14H,4-8H2,1-3H3,(H,13,15)(H,16,17). The molecular formula is C12H23NO4. The van der Waals surface area contributed by atoms with Gasteiger partial charge in [0.25, 0.3) is 0 Å². The molecule has 0 aliphatic rings. The molecule has 5 heteroatoms. The van der Waals surface area contributed by atoms with Gasteiger partial charge in [-0.15, -0.1) is 0 Å². The van der Waals surface area contributed by atoms with Crippen molar-refractivity contribution < 1.29 is 19.8 Å². The number of carbonyl (C=O) groups excluding carboxylic acids is 1. The monoisotopic (exact) mass is 245 g/mol. The normalized spacial score (nSPS) is 13.2. The molecule has 0 spiro atoms. The van der Waals surface area contributed by atoms with Gasteiger partial charge in [-0.2, -0.15) is 0 Å². The van der Waals surface area contributed by atoms with E-state index in [1.54, 1.807) is 13.8 Å². The van der Waals surface area contributed by atoms with E-state index < -0.39 is 11.4 Å². The summed E-state index contributed by atoms with van der Waals surface area (Å²) >= 11 is 0. The lowest BCUT2D eigenvalue weighted by molar-refractivity contribution is -0.152. The van der Waals surface area contributed by atoms with Gasteiger partial charge in [-0.3, -0.25) is 9.59 Å². The summed E-state index contributed by atoms with van der Waals surface area (Å²) in [5, 5.41) is 20.6. The zero-order valence-corrected chi connectivity index (χ0v) is 10.8. The summed E-state index contributed by atoms with van der Waals surface area (Å²) in [5.41, 5.74) is -0.966. The molecular weight excluding hydrogens is 222 g/mol. The summed E-state index contributed by atoms with van der Waals surface area (Å²) < 4.78 is 0. The predicted molar refractivity (Wildman–Crippen MR) is 64.5 cm³/mol. The maximum atomic E-state index is 11.6. The summed E-state index contributed by atoms with van der Waals surface area (Å²) in [6.07, 6.45) is 0.858. The number of hydrogen-bond acceptors (Lipinski definition) is 3. The van der Waals surface area contributed by atoms with Crippen molar-refractivity contribution >= 4 is 11.9 Å². The predicted octanol–water partition coefficient (Wildman–Crippen LogP) is 1.01. The number of carbonyl (C=O) groups is 2. The maximum Gasteiger partial charge on any atom is 0.310 e. The fraction of sp³-hybridized carbons (Fsp3) is 0.833. The molecule has 0 aromatic rings. The second-order valence-electron chi connectivity index (χ2n) is 4.56. The highest BCUT2D eigenvalue weighted by atomic mass is 16.4. The summed E-state index contributed by atoms with van der Waals surface area (Å²) in [7, 11) is 0. The van der Waals surface area contributed by atoms with Gasteiger partial charge in [-0.1, -0.05) is 20.8 Å². The molecule has 100 valence electrons. The molecule has 0 bridgehead atoms. The Morgan fingerprint density at radius 1 is 1.29 bits per heavy atom. The molecule has 1 unspecified atom stereocenters. The minimum Gasteiger partial charge on any atom is -0.481 e. The number of rotatable bonds is 8. The van der Waals surface area contributed by atoms with Gasteiger partial charge in [0.2, 0.25) is 5.91 Å². The first-order valence-electron chi connectivity index (χ1n) is 6.02. The van der Waals surface area contributed by atoms with Gasteiger partial charge >= 0.3 is 5.97 Å². The van der Waals surface area contributed by atoms with Crippen molar-refractivity contribution in [3.63, 3.8) is 0 Å². The second-order valence-corrected chi connectivity index (χ2v) is 4.56. The Morgan fingerprint density at radius 3 is 2.18 bits per heavy atom. The van der Waals surface area contributed by atoms with Gasteiger partial charge in [-0.05, 0) is 18.8 Å². The fourth-order valence-electron chi connectivity index (χ4n) is 1.60. The molecule has 0 aromatic carbocycles. The molecule has 1 amide bonds. The summed E-state index contributed by atoms with van der Waals surface area (Å²) in [5.74, 6) is -1.20. The highest BCUT2D eigenvalue weighted by Gasteiger charge is 2.37. The molecule has 0 rings (SSSR count). The average Bonchev–Trinajstić information content (AvgIpc) is 2.32. The van der Waals surface area contributed by atoms with Crippen LogP contribution in [0.2, 0.25) is 0 Å². The van der Waals surface area contributed by atoms with Crippen LogP contribution in [0.4, 0.5) is 0 Å². The molecule has 5 nitrogen and oxygen atoms in total. The van der Waals surface area contributed by atoms with E-state index in [1.165, 1.54) is 0 Å². The first kappa shape index (κ1) is 15.9. The van der Waals surface area contributed by atoms with Crippen LogP contribution in [0.3, 0.4) is 0 Å². The van der Waals surface area contributed by atoms with Crippen molar-refractivity contribution in [2.45, 2.75) is 40.0 Å². The lowest BCUT2D eigenvalue weighted by Crippen LogP contribution is -2.38. The lowest BCUT2D eigenvalue weighted by Gasteiger charge is -2.26. The molecule has 17 heavy (non-hydrogen) atoms. The van der Waals surface area contributed by atoms with Crippen LogP contribution in [0.25, 0.3) is 0 Å². The number of nitrogens with one attached hydrogen (secondary N) is 1. The Bertz CT molecular complexity index is 261. The maximum absolute atomic E-state index is 11.6. The third-order valence-corrected chi connectivity index (χ3v) is 3.27. The van der Waals surface area contributed by atoms with Gasteiger partial charge in [0.15, 0.2) is 0 Å². The van der Waals surface area contributed by atoms with Crippen LogP contribution in [-0.2, 0) is 9.59 Å². The number of amides is 1. The number of aliphatic carboxylic acids is 1. The molecule has 0 aliphatic carbocycles. The number of aliphatic hydroxyl groups excluding tert-OH is 1. The zero-order chi connectivity index (χ0) is 13.5. The smallest absolute Gasteiger partial charge is 0.310 e. The first-order valence-corrected chi connectivity index (χ1v) is 6.02. The van der Waals surface area contributed by atoms with Gasteiger partial charge in [0.1, 0.15) is 0 Å². The van der Waals surface area contributed by atoms with Crippen molar-refractivity contribution in [1.29, 1.82) is 0 Å². The topological polar surface area (TPSA) is 86.6 Å². The van der Waals surface area contributed by atoms with E-state index in [0.29, 0.717) is 19.4 Å². The van der Waals surface area contributed by atoms with Gasteiger partial charge in [0, 0.05) is 19.6 Å². The van der Waals surface area contributed by atoms with Crippen LogP contribution >= 0.6 is 0 Å². The third-order valence-electron chi connectivity index (χ3n) is 3.27. The van der Waals surface area contributed by atoms with Gasteiger partial charge < -0.3 is 15.5 Å². The van der Waals surface area contributed by atoms with Crippen LogP contribution in [0.1, 0.15) is 40.0 Å². The van der Waals surface area contributed by atoms with Crippen molar-refractivity contribution in [3.05, 3.63) is 0 Å². The van der Waals surface area contributed by atoms with Gasteiger partial charge in [0.05, 0.1) is 5.41 Å². The number of carboxylic acids is 1. The Morgan fingerprint density at radius 2 is 1.82 bits per heavy atom. The minimum atomic E-state index is -0.966. The fourth-order valence-corrected chi connectivity index (χ4v) is 1.60. The molecule has 0 saturated heterocycles. The van der Waals surface area contributed by atoms with Crippen molar-refractivity contribution in [2.24, 2.45) is 11.3 Å². The molecule has 1 atom stereocenters.